The fourth-order valence-electron chi connectivity index (χ4n) is 0.786. The van der Waals surface area contributed by atoms with Crippen LogP contribution in [0.3, 0.4) is 0 Å². The van der Waals surface area contributed by atoms with Gasteiger partial charge in [0.25, 0.3) is 5.69 Å². The second kappa shape index (κ2) is 4.43. The zero-order valence-corrected chi connectivity index (χ0v) is 9.55. The minimum atomic E-state index is -0.508. The molecule has 0 saturated heterocycles. The molecule has 0 aliphatic carbocycles. The van der Waals surface area contributed by atoms with E-state index in [0.717, 1.165) is 0 Å². The summed E-state index contributed by atoms with van der Waals surface area (Å²) in [6.07, 6.45) is 1.17. The summed E-state index contributed by atoms with van der Waals surface area (Å²) in [5.41, 5.74) is -0.0653. The van der Waals surface area contributed by atoms with Gasteiger partial charge in [-0.3, -0.25) is 10.1 Å². The van der Waals surface area contributed by atoms with E-state index in [4.69, 9.17) is 12.2 Å². The Morgan fingerprint density at radius 2 is 2.43 bits per heavy atom. The third kappa shape index (κ3) is 2.71. The molecule has 1 aromatic heterocycles. The van der Waals surface area contributed by atoms with Crippen LogP contribution in [0.2, 0.25) is 0 Å². The van der Waals surface area contributed by atoms with Crippen molar-refractivity contribution in [1.29, 1.82) is 0 Å². The van der Waals surface area contributed by atoms with Gasteiger partial charge in [-0.15, -0.1) is 0 Å². The first-order chi connectivity index (χ1) is 6.50. The molecule has 0 fully saturated rings. The molecule has 0 unspecified atom stereocenters. The number of nitro groups is 1. The maximum Gasteiger partial charge on any atom is 0.288 e. The predicted molar refractivity (Wildman–Crippen MR) is 60.5 cm³/mol. The van der Waals surface area contributed by atoms with Gasteiger partial charge in [0.15, 0.2) is 0 Å². The molecule has 0 atom stereocenters. The Bertz CT molecular complexity index is 397. The third-order valence-corrected chi connectivity index (χ3v) is 2.04. The molecule has 1 rings (SSSR count). The molecular formula is C7H6BrN3O2S. The van der Waals surface area contributed by atoms with Gasteiger partial charge in [0.05, 0.1) is 14.4 Å². The summed E-state index contributed by atoms with van der Waals surface area (Å²) in [5, 5.41) is 13.2. The summed E-state index contributed by atoms with van der Waals surface area (Å²) in [6.45, 7) is 1.70. The number of rotatable bonds is 2. The molecule has 7 heteroatoms. The molecule has 0 radical (unpaired) electrons. The average Bonchev–Trinajstić information content (AvgIpc) is 2.07. The van der Waals surface area contributed by atoms with Crippen LogP contribution in [0.15, 0.2) is 16.7 Å². The lowest BCUT2D eigenvalue weighted by Crippen LogP contribution is -2.06. The number of anilines is 1. The highest BCUT2D eigenvalue weighted by atomic mass is 79.9. The smallest absolute Gasteiger partial charge is 0.288 e. The quantitative estimate of drug-likeness (QED) is 0.510. The summed E-state index contributed by atoms with van der Waals surface area (Å²) in [4.78, 5) is 14.3. The van der Waals surface area contributed by atoms with Gasteiger partial charge in [0, 0.05) is 6.07 Å². The maximum absolute atomic E-state index is 10.4. The van der Waals surface area contributed by atoms with Crippen LogP contribution in [0, 0.1) is 10.1 Å². The summed E-state index contributed by atoms with van der Waals surface area (Å²) in [6, 6.07) is 1.37. The molecule has 1 heterocycles. The van der Waals surface area contributed by atoms with Gasteiger partial charge in [0.1, 0.15) is 12.0 Å². The van der Waals surface area contributed by atoms with E-state index in [2.05, 4.69) is 26.2 Å². The Hall–Kier alpha value is -1.08. The highest BCUT2D eigenvalue weighted by Gasteiger charge is 2.10. The summed E-state index contributed by atoms with van der Waals surface area (Å²) < 4.78 is 0.510. The topological polar surface area (TPSA) is 68.1 Å². The largest absolute Gasteiger partial charge is 0.334 e. The third-order valence-electron chi connectivity index (χ3n) is 1.33. The van der Waals surface area contributed by atoms with Gasteiger partial charge in [-0.2, -0.15) is 0 Å². The van der Waals surface area contributed by atoms with Crippen LogP contribution in [0.4, 0.5) is 11.5 Å². The molecule has 0 bridgehead atoms. The molecular weight excluding hydrogens is 270 g/mol. The molecule has 0 aliphatic rings. The van der Waals surface area contributed by atoms with Crippen LogP contribution < -0.4 is 5.32 Å². The molecule has 14 heavy (non-hydrogen) atoms. The number of pyridine rings is 1. The van der Waals surface area contributed by atoms with Crippen molar-refractivity contribution in [2.45, 2.75) is 6.92 Å². The standard InChI is InChI=1S/C7H6BrN3O2S/c1-4(14)10-7-6(8)2-5(3-9-7)11(12)13/h2-3H,1H3,(H,9,10,14). The van der Waals surface area contributed by atoms with Crippen LogP contribution >= 0.6 is 28.1 Å². The SMILES string of the molecule is CC(=S)Nc1ncc([N+](=O)[O-])cc1Br. The van der Waals surface area contributed by atoms with Crippen molar-refractivity contribution in [3.63, 3.8) is 0 Å². The Kier molecular flexibility index (Phi) is 3.48. The van der Waals surface area contributed by atoms with E-state index in [9.17, 15) is 10.1 Å². The predicted octanol–water partition coefficient (Wildman–Crippen LogP) is 2.51. The summed E-state index contributed by atoms with van der Waals surface area (Å²) in [7, 11) is 0. The molecule has 0 spiro atoms. The minimum absolute atomic E-state index is 0.0653. The first-order valence-corrected chi connectivity index (χ1v) is 4.78. The lowest BCUT2D eigenvalue weighted by Gasteiger charge is -2.04. The minimum Gasteiger partial charge on any atom is -0.334 e. The highest BCUT2D eigenvalue weighted by Crippen LogP contribution is 2.24. The Morgan fingerprint density at radius 3 is 2.86 bits per heavy atom. The maximum atomic E-state index is 10.4. The number of hydrogen-bond acceptors (Lipinski definition) is 4. The first-order valence-electron chi connectivity index (χ1n) is 3.58. The van der Waals surface area contributed by atoms with E-state index in [-0.39, 0.29) is 5.69 Å². The van der Waals surface area contributed by atoms with Crippen LogP contribution in [0.5, 0.6) is 0 Å². The Balaban J connectivity index is 3.01. The Labute approximate surface area is 93.8 Å². The number of nitrogens with zero attached hydrogens (tertiary/aromatic N) is 2. The van der Waals surface area contributed by atoms with E-state index < -0.39 is 4.92 Å². The van der Waals surface area contributed by atoms with E-state index in [0.29, 0.717) is 15.3 Å². The Morgan fingerprint density at radius 1 is 1.79 bits per heavy atom. The fourth-order valence-corrected chi connectivity index (χ4v) is 1.32. The molecule has 0 saturated carbocycles. The van der Waals surface area contributed by atoms with Crippen molar-refractivity contribution in [2.24, 2.45) is 0 Å². The van der Waals surface area contributed by atoms with Gasteiger partial charge in [-0.05, 0) is 22.9 Å². The normalized spacial score (nSPS) is 9.57. The molecule has 1 aromatic rings. The molecule has 0 amide bonds. The zero-order valence-electron chi connectivity index (χ0n) is 7.15. The number of aromatic nitrogens is 1. The van der Waals surface area contributed by atoms with Gasteiger partial charge >= 0.3 is 0 Å². The molecule has 1 N–H and O–H groups in total. The number of hydrogen-bond donors (Lipinski definition) is 1. The van der Waals surface area contributed by atoms with Crippen LogP contribution in [-0.4, -0.2) is 14.9 Å². The van der Waals surface area contributed by atoms with Crippen molar-refractivity contribution in [3.05, 3.63) is 26.9 Å². The molecule has 5 nitrogen and oxygen atoms in total. The van der Waals surface area contributed by atoms with E-state index >= 15 is 0 Å². The molecule has 0 aromatic carbocycles. The van der Waals surface area contributed by atoms with Crippen LogP contribution in [-0.2, 0) is 0 Å². The number of nitrogens with one attached hydrogen (secondary N) is 1. The number of halogens is 1. The highest BCUT2D eigenvalue weighted by molar-refractivity contribution is 9.10. The van der Waals surface area contributed by atoms with E-state index in [1.54, 1.807) is 6.92 Å². The lowest BCUT2D eigenvalue weighted by atomic mass is 10.4. The van der Waals surface area contributed by atoms with Crippen molar-refractivity contribution in [3.8, 4) is 0 Å². The monoisotopic (exact) mass is 275 g/mol. The van der Waals surface area contributed by atoms with Crippen LogP contribution in [0.1, 0.15) is 6.92 Å². The van der Waals surface area contributed by atoms with E-state index in [1.807, 2.05) is 0 Å². The van der Waals surface area contributed by atoms with Crippen molar-refractivity contribution in [2.75, 3.05) is 5.32 Å². The van der Waals surface area contributed by atoms with Gasteiger partial charge in [-0.1, -0.05) is 12.2 Å². The summed E-state index contributed by atoms with van der Waals surface area (Å²) >= 11 is 7.97. The van der Waals surface area contributed by atoms with E-state index in [1.165, 1.54) is 12.3 Å². The zero-order chi connectivity index (χ0) is 10.7. The average molecular weight is 276 g/mol. The second-order valence-electron chi connectivity index (χ2n) is 2.46. The second-order valence-corrected chi connectivity index (χ2v) is 3.93. The lowest BCUT2D eigenvalue weighted by molar-refractivity contribution is -0.385. The summed E-state index contributed by atoms with van der Waals surface area (Å²) in [5.74, 6) is 0.475. The number of thiocarbonyl (C=S) groups is 1. The molecule has 0 aliphatic heterocycles. The fraction of sp³-hybridized carbons (Fsp3) is 0.143. The van der Waals surface area contributed by atoms with Crippen molar-refractivity contribution in [1.82, 2.24) is 4.98 Å². The molecule has 74 valence electrons. The van der Waals surface area contributed by atoms with Gasteiger partial charge in [0.2, 0.25) is 0 Å². The van der Waals surface area contributed by atoms with Crippen molar-refractivity contribution < 1.29 is 4.92 Å². The van der Waals surface area contributed by atoms with Gasteiger partial charge in [-0.25, -0.2) is 4.98 Å². The van der Waals surface area contributed by atoms with Crippen LogP contribution in [0.25, 0.3) is 0 Å². The first kappa shape index (κ1) is 11.0. The van der Waals surface area contributed by atoms with Gasteiger partial charge < -0.3 is 5.32 Å². The van der Waals surface area contributed by atoms with Crippen molar-refractivity contribution >= 4 is 44.6 Å².